The molecule has 1 amide bonds. The van der Waals surface area contributed by atoms with Crippen LogP contribution < -0.4 is 9.47 Å². The standard InChI is InChI=1S/C21H24ClNO3/c1-14(16-6-7-16)23(2)21(24)17-8-11-19(20(12-17)25-3)26-13-15-4-9-18(22)10-5-15/h4-5,8-12,14,16H,6-7,13H2,1-3H3. The van der Waals surface area contributed by atoms with Crippen LogP contribution in [0.3, 0.4) is 0 Å². The summed E-state index contributed by atoms with van der Waals surface area (Å²) in [7, 11) is 3.44. The third-order valence-corrected chi connectivity index (χ3v) is 5.21. The highest BCUT2D eigenvalue weighted by Gasteiger charge is 2.32. The number of hydrogen-bond acceptors (Lipinski definition) is 3. The quantitative estimate of drug-likeness (QED) is 0.699. The van der Waals surface area contributed by atoms with Crippen LogP contribution in [0, 0.1) is 5.92 Å². The van der Waals surface area contributed by atoms with Crippen molar-refractivity contribution in [3.8, 4) is 11.5 Å². The van der Waals surface area contributed by atoms with Crippen molar-refractivity contribution in [2.75, 3.05) is 14.2 Å². The van der Waals surface area contributed by atoms with Gasteiger partial charge in [0.15, 0.2) is 11.5 Å². The number of halogens is 1. The Balaban J connectivity index is 1.70. The molecule has 0 spiro atoms. The highest BCUT2D eigenvalue weighted by Crippen LogP contribution is 2.35. The molecule has 2 aromatic rings. The minimum absolute atomic E-state index is 0.00644. The first-order valence-electron chi connectivity index (χ1n) is 8.82. The van der Waals surface area contributed by atoms with Gasteiger partial charge in [-0.25, -0.2) is 0 Å². The van der Waals surface area contributed by atoms with Crippen molar-refractivity contribution in [1.82, 2.24) is 4.90 Å². The fourth-order valence-electron chi connectivity index (χ4n) is 2.95. The summed E-state index contributed by atoms with van der Waals surface area (Å²) in [5, 5.41) is 0.693. The number of hydrogen-bond donors (Lipinski definition) is 0. The van der Waals surface area contributed by atoms with E-state index in [1.54, 1.807) is 25.3 Å². The monoisotopic (exact) mass is 373 g/mol. The SMILES string of the molecule is COc1cc(C(=O)N(C)C(C)C2CC2)ccc1OCc1ccc(Cl)cc1. The Morgan fingerprint density at radius 2 is 1.88 bits per heavy atom. The molecular weight excluding hydrogens is 350 g/mol. The maximum atomic E-state index is 12.7. The van der Waals surface area contributed by atoms with Gasteiger partial charge < -0.3 is 14.4 Å². The summed E-state index contributed by atoms with van der Waals surface area (Å²) in [6.45, 7) is 2.51. The summed E-state index contributed by atoms with van der Waals surface area (Å²) >= 11 is 5.90. The Labute approximate surface area is 159 Å². The summed E-state index contributed by atoms with van der Waals surface area (Å²) < 4.78 is 11.3. The Bertz CT molecular complexity index is 771. The second kappa shape index (κ2) is 8.00. The van der Waals surface area contributed by atoms with Crippen LogP contribution >= 0.6 is 11.6 Å². The smallest absolute Gasteiger partial charge is 0.253 e. The molecule has 0 saturated heterocycles. The van der Waals surface area contributed by atoms with E-state index in [0.717, 1.165) is 5.56 Å². The van der Waals surface area contributed by atoms with Crippen molar-refractivity contribution in [1.29, 1.82) is 0 Å². The van der Waals surface area contributed by atoms with E-state index in [-0.39, 0.29) is 11.9 Å². The normalized spacial score (nSPS) is 14.6. The molecule has 2 aromatic carbocycles. The van der Waals surface area contributed by atoms with Crippen LogP contribution in [-0.2, 0) is 6.61 Å². The predicted octanol–water partition coefficient (Wildman–Crippen LogP) is 4.80. The molecule has 138 valence electrons. The van der Waals surface area contributed by atoms with E-state index in [2.05, 4.69) is 6.92 Å². The predicted molar refractivity (Wildman–Crippen MR) is 103 cm³/mol. The number of nitrogens with zero attached hydrogens (tertiary/aromatic N) is 1. The van der Waals surface area contributed by atoms with Crippen LogP contribution in [0.2, 0.25) is 5.02 Å². The first-order valence-corrected chi connectivity index (χ1v) is 9.20. The molecule has 0 radical (unpaired) electrons. The molecule has 0 aliphatic heterocycles. The van der Waals surface area contributed by atoms with Crippen molar-refractivity contribution >= 4 is 17.5 Å². The first-order chi connectivity index (χ1) is 12.5. The van der Waals surface area contributed by atoms with Crippen LogP contribution in [0.5, 0.6) is 11.5 Å². The molecule has 1 unspecified atom stereocenters. The average Bonchev–Trinajstić information content (AvgIpc) is 3.51. The van der Waals surface area contributed by atoms with E-state index in [9.17, 15) is 4.79 Å². The largest absolute Gasteiger partial charge is 0.493 e. The lowest BCUT2D eigenvalue weighted by molar-refractivity contribution is 0.0727. The Kier molecular flexibility index (Phi) is 5.72. The molecule has 0 heterocycles. The van der Waals surface area contributed by atoms with Gasteiger partial charge in [0.2, 0.25) is 0 Å². The van der Waals surface area contributed by atoms with Crippen LogP contribution in [0.4, 0.5) is 0 Å². The van der Waals surface area contributed by atoms with Crippen molar-refractivity contribution in [3.63, 3.8) is 0 Å². The molecular formula is C21H24ClNO3. The van der Waals surface area contributed by atoms with Crippen molar-refractivity contribution < 1.29 is 14.3 Å². The van der Waals surface area contributed by atoms with E-state index in [1.165, 1.54) is 12.8 Å². The number of benzene rings is 2. The van der Waals surface area contributed by atoms with E-state index in [0.29, 0.717) is 34.6 Å². The van der Waals surface area contributed by atoms with Gasteiger partial charge in [0.25, 0.3) is 5.91 Å². The van der Waals surface area contributed by atoms with E-state index >= 15 is 0 Å². The summed E-state index contributed by atoms with van der Waals surface area (Å²) in [5.41, 5.74) is 1.62. The zero-order valence-electron chi connectivity index (χ0n) is 15.4. The fourth-order valence-corrected chi connectivity index (χ4v) is 3.07. The lowest BCUT2D eigenvalue weighted by Gasteiger charge is -2.25. The highest BCUT2D eigenvalue weighted by atomic mass is 35.5. The zero-order valence-corrected chi connectivity index (χ0v) is 16.1. The Hall–Kier alpha value is -2.20. The molecule has 0 N–H and O–H groups in total. The third-order valence-electron chi connectivity index (χ3n) is 4.95. The van der Waals surface area contributed by atoms with Gasteiger partial charge in [-0.05, 0) is 61.6 Å². The van der Waals surface area contributed by atoms with Gasteiger partial charge in [-0.3, -0.25) is 4.79 Å². The molecule has 1 fully saturated rings. The van der Waals surface area contributed by atoms with Gasteiger partial charge in [0, 0.05) is 23.7 Å². The average molecular weight is 374 g/mol. The lowest BCUT2D eigenvalue weighted by atomic mass is 10.1. The molecule has 1 aliphatic rings. The molecule has 3 rings (SSSR count). The number of carbonyl (C=O) groups is 1. The van der Waals surface area contributed by atoms with Gasteiger partial charge in [0.1, 0.15) is 6.61 Å². The van der Waals surface area contributed by atoms with Gasteiger partial charge in [-0.15, -0.1) is 0 Å². The number of rotatable bonds is 7. The topological polar surface area (TPSA) is 38.8 Å². The van der Waals surface area contributed by atoms with Gasteiger partial charge in [-0.2, -0.15) is 0 Å². The zero-order chi connectivity index (χ0) is 18.7. The minimum atomic E-state index is 0.00644. The molecule has 5 heteroatoms. The van der Waals surface area contributed by atoms with Crippen molar-refractivity contribution in [2.45, 2.75) is 32.4 Å². The van der Waals surface area contributed by atoms with Crippen molar-refractivity contribution in [2.24, 2.45) is 5.92 Å². The van der Waals surface area contributed by atoms with Crippen LogP contribution in [0.15, 0.2) is 42.5 Å². The highest BCUT2D eigenvalue weighted by molar-refractivity contribution is 6.30. The van der Waals surface area contributed by atoms with Gasteiger partial charge in [-0.1, -0.05) is 23.7 Å². The molecule has 0 aromatic heterocycles. The number of carbonyl (C=O) groups excluding carboxylic acids is 1. The van der Waals surface area contributed by atoms with E-state index in [1.807, 2.05) is 36.2 Å². The summed E-state index contributed by atoms with van der Waals surface area (Å²) in [6.07, 6.45) is 2.42. The summed E-state index contributed by atoms with van der Waals surface area (Å²) in [4.78, 5) is 14.5. The second-order valence-corrected chi connectivity index (χ2v) is 7.21. The maximum Gasteiger partial charge on any atom is 0.253 e. The number of ether oxygens (including phenoxy) is 2. The molecule has 1 saturated carbocycles. The fraction of sp³-hybridized carbons (Fsp3) is 0.381. The first kappa shape index (κ1) is 18.6. The second-order valence-electron chi connectivity index (χ2n) is 6.77. The molecule has 1 aliphatic carbocycles. The van der Waals surface area contributed by atoms with E-state index < -0.39 is 0 Å². The van der Waals surface area contributed by atoms with Gasteiger partial charge in [0.05, 0.1) is 7.11 Å². The summed E-state index contributed by atoms with van der Waals surface area (Å²) in [6, 6.07) is 13.1. The van der Waals surface area contributed by atoms with E-state index in [4.69, 9.17) is 21.1 Å². The Morgan fingerprint density at radius 3 is 2.50 bits per heavy atom. The molecule has 4 nitrogen and oxygen atoms in total. The maximum absolute atomic E-state index is 12.7. The van der Waals surface area contributed by atoms with Crippen molar-refractivity contribution in [3.05, 3.63) is 58.6 Å². The molecule has 0 bridgehead atoms. The van der Waals surface area contributed by atoms with Crippen LogP contribution in [0.1, 0.15) is 35.7 Å². The lowest BCUT2D eigenvalue weighted by Crippen LogP contribution is -2.36. The van der Waals surface area contributed by atoms with Gasteiger partial charge >= 0.3 is 0 Å². The summed E-state index contributed by atoms with van der Waals surface area (Å²) in [5.74, 6) is 1.80. The Morgan fingerprint density at radius 1 is 1.19 bits per heavy atom. The number of amides is 1. The van der Waals surface area contributed by atoms with Crippen LogP contribution in [-0.4, -0.2) is 31.0 Å². The molecule has 26 heavy (non-hydrogen) atoms. The molecule has 1 atom stereocenters. The number of methoxy groups -OCH3 is 1. The third kappa shape index (κ3) is 4.31. The minimum Gasteiger partial charge on any atom is -0.493 e. The van der Waals surface area contributed by atoms with Crippen LogP contribution in [0.25, 0.3) is 0 Å².